The molecule has 128 valence electrons. The summed E-state index contributed by atoms with van der Waals surface area (Å²) in [7, 11) is 0. The molecule has 1 aliphatic heterocycles. The molecule has 0 amide bonds. The van der Waals surface area contributed by atoms with Crippen molar-refractivity contribution in [3.8, 4) is 0 Å². The molecule has 1 N–H and O–H groups in total. The minimum Gasteiger partial charge on any atom is -0.353 e. The maximum absolute atomic E-state index is 4.77. The molecule has 1 aliphatic carbocycles. The molecule has 5 nitrogen and oxygen atoms in total. The van der Waals surface area contributed by atoms with Gasteiger partial charge in [0.25, 0.3) is 0 Å². The van der Waals surface area contributed by atoms with Crippen LogP contribution in [0.3, 0.4) is 0 Å². The number of aromatic nitrogens is 2. The third-order valence-electron chi connectivity index (χ3n) is 5.33. The summed E-state index contributed by atoms with van der Waals surface area (Å²) < 4.78 is 2.26. The Morgan fingerprint density at radius 2 is 2.26 bits per heavy atom. The van der Waals surface area contributed by atoms with Crippen LogP contribution in [0.1, 0.15) is 52.5 Å². The smallest absolute Gasteiger partial charge is 0.194 e. The van der Waals surface area contributed by atoms with Gasteiger partial charge in [0.15, 0.2) is 5.96 Å². The minimum atomic E-state index is 0.487. The van der Waals surface area contributed by atoms with E-state index in [2.05, 4.69) is 46.7 Å². The maximum atomic E-state index is 4.77. The molecule has 23 heavy (non-hydrogen) atoms. The van der Waals surface area contributed by atoms with E-state index >= 15 is 0 Å². The number of guanidine groups is 1. The number of hydrogen-bond donors (Lipinski definition) is 1. The van der Waals surface area contributed by atoms with Crippen molar-refractivity contribution >= 4 is 5.96 Å². The topological polar surface area (TPSA) is 45.5 Å². The zero-order chi connectivity index (χ0) is 16.2. The Morgan fingerprint density at radius 3 is 2.96 bits per heavy atom. The van der Waals surface area contributed by atoms with Gasteiger partial charge in [0.1, 0.15) is 0 Å². The zero-order valence-corrected chi connectivity index (χ0v) is 14.8. The molecule has 0 aromatic carbocycles. The zero-order valence-electron chi connectivity index (χ0n) is 14.8. The van der Waals surface area contributed by atoms with Gasteiger partial charge in [-0.05, 0) is 38.0 Å². The Labute approximate surface area is 140 Å². The van der Waals surface area contributed by atoms with Crippen molar-refractivity contribution in [2.75, 3.05) is 19.6 Å². The van der Waals surface area contributed by atoms with Crippen molar-refractivity contribution in [1.82, 2.24) is 19.8 Å². The molecule has 2 heterocycles. The number of imidazole rings is 1. The van der Waals surface area contributed by atoms with Crippen molar-refractivity contribution in [2.24, 2.45) is 16.8 Å². The van der Waals surface area contributed by atoms with Crippen LogP contribution in [0.15, 0.2) is 23.7 Å². The largest absolute Gasteiger partial charge is 0.353 e. The van der Waals surface area contributed by atoms with E-state index in [1.165, 1.54) is 25.7 Å². The maximum Gasteiger partial charge on any atom is 0.194 e. The van der Waals surface area contributed by atoms with E-state index in [1.807, 2.05) is 12.5 Å². The summed E-state index contributed by atoms with van der Waals surface area (Å²) >= 11 is 0. The van der Waals surface area contributed by atoms with E-state index in [1.54, 1.807) is 0 Å². The standard InChI is InChI=1S/C18H31N5/c1-4-6-15-11-16(15)21-18(20-5-2)22-9-7-14(3)17(12-22)23-10-8-19-13-23/h8,10,13-17H,4-7,9,11-12H2,1-3H3,(H,20,21). The number of nitrogens with zero attached hydrogens (tertiary/aromatic N) is 4. The molecule has 1 saturated heterocycles. The van der Waals surface area contributed by atoms with Crippen LogP contribution in [0.2, 0.25) is 0 Å². The summed E-state index contributed by atoms with van der Waals surface area (Å²) in [5, 5.41) is 3.73. The molecule has 0 bridgehead atoms. The summed E-state index contributed by atoms with van der Waals surface area (Å²) in [4.78, 5) is 11.4. The Hall–Kier alpha value is -1.52. The van der Waals surface area contributed by atoms with Crippen molar-refractivity contribution < 1.29 is 0 Å². The summed E-state index contributed by atoms with van der Waals surface area (Å²) in [5.41, 5.74) is 0. The number of piperidine rings is 1. The second kappa shape index (κ2) is 7.37. The highest BCUT2D eigenvalue weighted by molar-refractivity contribution is 5.80. The van der Waals surface area contributed by atoms with E-state index in [-0.39, 0.29) is 0 Å². The lowest BCUT2D eigenvalue weighted by Crippen LogP contribution is -2.49. The molecule has 4 atom stereocenters. The average molecular weight is 317 g/mol. The van der Waals surface area contributed by atoms with Gasteiger partial charge < -0.3 is 14.8 Å². The first-order chi connectivity index (χ1) is 11.2. The molecular formula is C18H31N5. The molecule has 1 aromatic heterocycles. The number of aliphatic imine (C=N–C) groups is 1. The Morgan fingerprint density at radius 1 is 1.39 bits per heavy atom. The lowest BCUT2D eigenvalue weighted by Gasteiger charge is -2.39. The number of hydrogen-bond acceptors (Lipinski definition) is 2. The van der Waals surface area contributed by atoms with Crippen molar-refractivity contribution in [3.63, 3.8) is 0 Å². The van der Waals surface area contributed by atoms with Crippen molar-refractivity contribution in [1.29, 1.82) is 0 Å². The monoisotopic (exact) mass is 317 g/mol. The van der Waals surface area contributed by atoms with Crippen LogP contribution in [0.4, 0.5) is 0 Å². The molecule has 4 unspecified atom stereocenters. The lowest BCUT2D eigenvalue weighted by atomic mass is 9.93. The van der Waals surface area contributed by atoms with Crippen LogP contribution >= 0.6 is 0 Å². The quantitative estimate of drug-likeness (QED) is 0.671. The second-order valence-electron chi connectivity index (χ2n) is 7.12. The molecule has 5 heteroatoms. The fraction of sp³-hybridized carbons (Fsp3) is 0.778. The van der Waals surface area contributed by atoms with Gasteiger partial charge >= 0.3 is 0 Å². The van der Waals surface area contributed by atoms with Crippen LogP contribution in [-0.2, 0) is 0 Å². The molecule has 2 aliphatic rings. The Bertz CT molecular complexity index is 509. The van der Waals surface area contributed by atoms with Gasteiger partial charge in [0, 0.05) is 38.1 Å². The number of rotatable bonds is 5. The fourth-order valence-corrected chi connectivity index (χ4v) is 3.76. The second-order valence-corrected chi connectivity index (χ2v) is 7.12. The van der Waals surface area contributed by atoms with E-state index < -0.39 is 0 Å². The predicted octanol–water partition coefficient (Wildman–Crippen LogP) is 2.92. The van der Waals surface area contributed by atoms with Crippen LogP contribution in [-0.4, -0.2) is 46.1 Å². The SMILES string of the molecule is CCCC1CC1NC(=NCC)N1CCC(C)C(n2ccnc2)C1. The van der Waals surface area contributed by atoms with Gasteiger partial charge in [-0.15, -0.1) is 0 Å². The first-order valence-electron chi connectivity index (χ1n) is 9.26. The molecule has 2 fully saturated rings. The fourth-order valence-electron chi connectivity index (χ4n) is 3.76. The highest BCUT2D eigenvalue weighted by Gasteiger charge is 2.38. The summed E-state index contributed by atoms with van der Waals surface area (Å²) in [6, 6.07) is 1.13. The number of likely N-dealkylation sites (tertiary alicyclic amines) is 1. The average Bonchev–Trinajstić information content (AvgIpc) is 3.06. The van der Waals surface area contributed by atoms with Crippen LogP contribution in [0, 0.1) is 11.8 Å². The lowest BCUT2D eigenvalue weighted by molar-refractivity contribution is 0.188. The van der Waals surface area contributed by atoms with Crippen LogP contribution < -0.4 is 5.32 Å². The predicted molar refractivity (Wildman–Crippen MR) is 94.5 cm³/mol. The third kappa shape index (κ3) is 3.88. The van der Waals surface area contributed by atoms with Gasteiger partial charge in [-0.3, -0.25) is 4.99 Å². The van der Waals surface area contributed by atoms with Gasteiger partial charge in [0.2, 0.25) is 0 Å². The molecule has 0 radical (unpaired) electrons. The Kier molecular flexibility index (Phi) is 5.23. The minimum absolute atomic E-state index is 0.487. The van der Waals surface area contributed by atoms with Crippen LogP contribution in [0.5, 0.6) is 0 Å². The number of nitrogens with one attached hydrogen (secondary N) is 1. The van der Waals surface area contributed by atoms with Crippen molar-refractivity contribution in [2.45, 2.75) is 58.5 Å². The van der Waals surface area contributed by atoms with Crippen LogP contribution in [0.25, 0.3) is 0 Å². The summed E-state index contributed by atoms with van der Waals surface area (Å²) in [6.45, 7) is 9.72. The first-order valence-corrected chi connectivity index (χ1v) is 9.26. The normalized spacial score (nSPS) is 31.3. The highest BCUT2D eigenvalue weighted by atomic mass is 15.3. The van der Waals surface area contributed by atoms with E-state index in [0.29, 0.717) is 18.0 Å². The summed E-state index contributed by atoms with van der Waals surface area (Å²) in [6.07, 6.45) is 11.1. The van der Waals surface area contributed by atoms with E-state index in [0.717, 1.165) is 31.5 Å². The molecule has 1 aromatic rings. The first kappa shape index (κ1) is 16.3. The molecular weight excluding hydrogens is 286 g/mol. The van der Waals surface area contributed by atoms with Crippen molar-refractivity contribution in [3.05, 3.63) is 18.7 Å². The van der Waals surface area contributed by atoms with Gasteiger partial charge in [-0.25, -0.2) is 4.98 Å². The third-order valence-corrected chi connectivity index (χ3v) is 5.33. The Balaban J connectivity index is 1.64. The van der Waals surface area contributed by atoms with E-state index in [4.69, 9.17) is 4.99 Å². The molecule has 3 rings (SSSR count). The van der Waals surface area contributed by atoms with Gasteiger partial charge in [-0.1, -0.05) is 20.3 Å². The highest BCUT2D eigenvalue weighted by Crippen LogP contribution is 2.35. The van der Waals surface area contributed by atoms with Gasteiger partial charge in [-0.2, -0.15) is 0 Å². The van der Waals surface area contributed by atoms with Gasteiger partial charge in [0.05, 0.1) is 12.4 Å². The molecule has 0 spiro atoms. The van der Waals surface area contributed by atoms with E-state index in [9.17, 15) is 0 Å². The summed E-state index contributed by atoms with van der Waals surface area (Å²) in [5.74, 6) is 2.65. The molecule has 1 saturated carbocycles.